The van der Waals surface area contributed by atoms with E-state index in [9.17, 15) is 4.21 Å². The van der Waals surface area contributed by atoms with Gasteiger partial charge in [-0.15, -0.1) is 0 Å². The van der Waals surface area contributed by atoms with Gasteiger partial charge in [-0.1, -0.05) is 13.0 Å². The lowest BCUT2D eigenvalue weighted by Crippen LogP contribution is -1.95. The van der Waals surface area contributed by atoms with E-state index in [1.165, 1.54) is 6.07 Å². The predicted molar refractivity (Wildman–Crippen MR) is 42.7 cm³/mol. The van der Waals surface area contributed by atoms with E-state index in [1.54, 1.807) is 6.07 Å². The van der Waals surface area contributed by atoms with E-state index in [-0.39, 0.29) is 5.03 Å². The second kappa shape index (κ2) is 3.59. The summed E-state index contributed by atoms with van der Waals surface area (Å²) in [6, 6.07) is 5.10. The van der Waals surface area contributed by atoms with Crippen LogP contribution < -0.4 is 0 Å². The molecule has 4 heteroatoms. The molecule has 60 valence electrons. The molecule has 1 aromatic heterocycles. The molecule has 0 aromatic carbocycles. The monoisotopic (exact) mass is 171 g/mol. The predicted octanol–water partition coefficient (Wildman–Crippen LogP) is 1.22. The fourth-order valence-corrected chi connectivity index (χ4v) is 1.14. The van der Waals surface area contributed by atoms with E-state index in [2.05, 4.69) is 4.98 Å². The van der Waals surface area contributed by atoms with Gasteiger partial charge in [-0.3, -0.25) is 0 Å². The highest BCUT2D eigenvalue weighted by Gasteiger charge is 2.00. The Morgan fingerprint density at radius 2 is 2.36 bits per heavy atom. The van der Waals surface area contributed by atoms with Crippen molar-refractivity contribution in [1.82, 2.24) is 4.98 Å². The molecule has 1 heterocycles. The topological polar surface area (TPSA) is 50.2 Å². The molecule has 0 radical (unpaired) electrons. The third-order valence-electron chi connectivity index (χ3n) is 1.32. The number of nitrogens with zero attached hydrogens (tertiary/aromatic N) is 1. The second-order valence-electron chi connectivity index (χ2n) is 2.07. The molecular weight excluding hydrogens is 162 g/mol. The molecule has 0 aliphatic rings. The van der Waals surface area contributed by atoms with Crippen molar-refractivity contribution >= 4 is 11.1 Å². The molecule has 0 saturated carbocycles. The van der Waals surface area contributed by atoms with Gasteiger partial charge in [-0.05, 0) is 18.6 Å². The summed E-state index contributed by atoms with van der Waals surface area (Å²) >= 11 is -1.95. The molecule has 0 aliphatic carbocycles. The quantitative estimate of drug-likeness (QED) is 0.681. The first-order valence-corrected chi connectivity index (χ1v) is 4.41. The van der Waals surface area contributed by atoms with Crippen LogP contribution in [-0.2, 0) is 17.5 Å². The van der Waals surface area contributed by atoms with E-state index in [0.717, 1.165) is 12.1 Å². The zero-order valence-electron chi connectivity index (χ0n) is 6.15. The summed E-state index contributed by atoms with van der Waals surface area (Å²) in [6.07, 6.45) is 0.783. The van der Waals surface area contributed by atoms with E-state index in [0.29, 0.717) is 0 Å². The molecule has 1 atom stereocenters. The zero-order valence-corrected chi connectivity index (χ0v) is 6.97. The van der Waals surface area contributed by atoms with Crippen LogP contribution in [0.1, 0.15) is 12.6 Å². The summed E-state index contributed by atoms with van der Waals surface area (Å²) in [4.78, 5) is 3.94. The lowest BCUT2D eigenvalue weighted by molar-refractivity contribution is 0.560. The van der Waals surface area contributed by atoms with Gasteiger partial charge >= 0.3 is 0 Å². The second-order valence-corrected chi connectivity index (χ2v) is 2.99. The number of aryl methyl sites for hydroxylation is 1. The summed E-state index contributed by atoms with van der Waals surface area (Å²) in [5.41, 5.74) is 0.838. The van der Waals surface area contributed by atoms with Gasteiger partial charge < -0.3 is 4.55 Å². The minimum atomic E-state index is -1.95. The van der Waals surface area contributed by atoms with Gasteiger partial charge in [0.25, 0.3) is 0 Å². The standard InChI is InChI=1S/C7H9NO2S/c1-2-6-4-3-5-7(8-6)11(9)10/h3-5H,2H2,1H3,(H,9,10). The number of hydrogen-bond acceptors (Lipinski definition) is 2. The highest BCUT2D eigenvalue weighted by Crippen LogP contribution is 2.02. The van der Waals surface area contributed by atoms with Crippen LogP contribution in [0.5, 0.6) is 0 Å². The Balaban J connectivity index is 3.01. The molecule has 1 unspecified atom stereocenters. The van der Waals surface area contributed by atoms with Crippen LogP contribution in [0, 0.1) is 0 Å². The zero-order chi connectivity index (χ0) is 8.27. The maximum absolute atomic E-state index is 10.5. The lowest BCUT2D eigenvalue weighted by atomic mass is 10.3. The number of rotatable bonds is 2. The van der Waals surface area contributed by atoms with Crippen LogP contribution in [0.4, 0.5) is 0 Å². The summed E-state index contributed by atoms with van der Waals surface area (Å²) in [6.45, 7) is 1.95. The van der Waals surface area contributed by atoms with Crippen molar-refractivity contribution < 1.29 is 8.76 Å². The molecule has 0 amide bonds. The first-order chi connectivity index (χ1) is 5.24. The molecule has 1 rings (SSSR count). The smallest absolute Gasteiger partial charge is 0.205 e. The van der Waals surface area contributed by atoms with Crippen LogP contribution in [0.25, 0.3) is 0 Å². The maximum Gasteiger partial charge on any atom is 0.205 e. The van der Waals surface area contributed by atoms with E-state index >= 15 is 0 Å². The molecule has 11 heavy (non-hydrogen) atoms. The Morgan fingerprint density at radius 3 is 2.91 bits per heavy atom. The average molecular weight is 171 g/mol. The Kier molecular flexibility index (Phi) is 2.73. The largest absolute Gasteiger partial charge is 0.301 e. The summed E-state index contributed by atoms with van der Waals surface area (Å²) < 4.78 is 19.2. The third-order valence-corrected chi connectivity index (χ3v) is 1.91. The average Bonchev–Trinajstić information content (AvgIpc) is 2.05. The molecule has 1 N–H and O–H groups in total. The van der Waals surface area contributed by atoms with Crippen molar-refractivity contribution in [3.63, 3.8) is 0 Å². The maximum atomic E-state index is 10.5. The van der Waals surface area contributed by atoms with Gasteiger partial charge in [0.15, 0.2) is 5.03 Å². The number of hydrogen-bond donors (Lipinski definition) is 1. The third kappa shape index (κ3) is 2.10. The Labute approximate surface area is 67.8 Å². The lowest BCUT2D eigenvalue weighted by Gasteiger charge is -1.96. The first-order valence-electron chi connectivity index (χ1n) is 3.31. The van der Waals surface area contributed by atoms with Gasteiger partial charge in [0.2, 0.25) is 11.1 Å². The van der Waals surface area contributed by atoms with Crippen LogP contribution in [0.15, 0.2) is 23.2 Å². The highest BCUT2D eigenvalue weighted by atomic mass is 32.2. The van der Waals surface area contributed by atoms with Gasteiger partial charge in [-0.25, -0.2) is 9.19 Å². The van der Waals surface area contributed by atoms with Crippen molar-refractivity contribution in [3.05, 3.63) is 23.9 Å². The van der Waals surface area contributed by atoms with E-state index in [1.807, 2.05) is 13.0 Å². The number of pyridine rings is 1. The van der Waals surface area contributed by atoms with Crippen molar-refractivity contribution in [3.8, 4) is 0 Å². The molecule has 0 bridgehead atoms. The molecule has 0 spiro atoms. The van der Waals surface area contributed by atoms with Gasteiger partial charge in [0.1, 0.15) is 0 Å². The van der Waals surface area contributed by atoms with Gasteiger partial charge in [0, 0.05) is 5.69 Å². The first kappa shape index (κ1) is 8.36. The van der Waals surface area contributed by atoms with Crippen molar-refractivity contribution in [2.24, 2.45) is 0 Å². The van der Waals surface area contributed by atoms with Crippen LogP contribution in [0.2, 0.25) is 0 Å². The molecular formula is C7H9NO2S. The minimum absolute atomic E-state index is 0.226. The van der Waals surface area contributed by atoms with Crippen LogP contribution >= 0.6 is 0 Å². The normalized spacial score (nSPS) is 12.9. The molecule has 1 aromatic rings. The minimum Gasteiger partial charge on any atom is -0.301 e. The van der Waals surface area contributed by atoms with Crippen molar-refractivity contribution in [2.75, 3.05) is 0 Å². The Hall–Kier alpha value is -0.740. The summed E-state index contributed by atoms with van der Waals surface area (Å²) in [5.74, 6) is 0. The van der Waals surface area contributed by atoms with Crippen molar-refractivity contribution in [1.29, 1.82) is 0 Å². The SMILES string of the molecule is CCc1cccc(S(=O)O)n1. The Bertz CT molecular complexity index is 275. The molecule has 0 fully saturated rings. The highest BCUT2D eigenvalue weighted by molar-refractivity contribution is 7.79. The van der Waals surface area contributed by atoms with E-state index in [4.69, 9.17) is 4.55 Å². The molecule has 0 aliphatic heterocycles. The Morgan fingerprint density at radius 1 is 1.64 bits per heavy atom. The molecule has 3 nitrogen and oxygen atoms in total. The summed E-state index contributed by atoms with van der Waals surface area (Å²) in [5, 5.41) is 0.226. The number of aromatic nitrogens is 1. The summed E-state index contributed by atoms with van der Waals surface area (Å²) in [7, 11) is 0. The van der Waals surface area contributed by atoms with Crippen LogP contribution in [-0.4, -0.2) is 13.7 Å². The fourth-order valence-electron chi connectivity index (χ4n) is 0.752. The van der Waals surface area contributed by atoms with E-state index < -0.39 is 11.1 Å². The van der Waals surface area contributed by atoms with Gasteiger partial charge in [-0.2, -0.15) is 0 Å². The van der Waals surface area contributed by atoms with Crippen LogP contribution in [0.3, 0.4) is 0 Å². The fraction of sp³-hybridized carbons (Fsp3) is 0.286. The van der Waals surface area contributed by atoms with Gasteiger partial charge in [0.05, 0.1) is 0 Å². The van der Waals surface area contributed by atoms with Crippen molar-refractivity contribution in [2.45, 2.75) is 18.4 Å². The molecule has 0 saturated heterocycles.